The van der Waals surface area contributed by atoms with Crippen LogP contribution in [0, 0.1) is 5.92 Å². The molecule has 0 aromatic rings. The lowest BCUT2D eigenvalue weighted by molar-refractivity contribution is 0.418. The maximum absolute atomic E-state index is 2.58. The van der Waals surface area contributed by atoms with Gasteiger partial charge >= 0.3 is 0 Å². The zero-order chi connectivity index (χ0) is 10.6. The van der Waals surface area contributed by atoms with Crippen LogP contribution < -0.4 is 0 Å². The van der Waals surface area contributed by atoms with E-state index in [0.29, 0.717) is 0 Å². The molecule has 1 aliphatic rings. The Morgan fingerprint density at radius 2 is 1.71 bits per heavy atom. The summed E-state index contributed by atoms with van der Waals surface area (Å²) in [6.07, 6.45) is 9.86. The van der Waals surface area contributed by atoms with Crippen LogP contribution in [0.5, 0.6) is 0 Å². The van der Waals surface area contributed by atoms with Crippen molar-refractivity contribution >= 4 is 8.07 Å². The molecule has 1 aliphatic carbocycles. The number of allylic oxidation sites excluding steroid dienone is 2. The third-order valence-electron chi connectivity index (χ3n) is 2.98. The normalized spacial score (nSPS) is 21.3. The standard InChI is InChI=1S/C13H26Si/c1-12(11-14(2,3)4)10-13-8-6-5-7-9-13/h10,13H,5-9,11H2,1-4H3/b12-10-. The quantitative estimate of drug-likeness (QED) is 0.461. The highest BCUT2D eigenvalue weighted by molar-refractivity contribution is 6.76. The fourth-order valence-corrected chi connectivity index (χ4v) is 4.39. The van der Waals surface area contributed by atoms with Gasteiger partial charge in [0.15, 0.2) is 0 Å². The van der Waals surface area contributed by atoms with Crippen LogP contribution in [-0.2, 0) is 0 Å². The van der Waals surface area contributed by atoms with Crippen LogP contribution in [0.1, 0.15) is 39.0 Å². The summed E-state index contributed by atoms with van der Waals surface area (Å²) in [4.78, 5) is 0. The van der Waals surface area contributed by atoms with Crippen LogP contribution in [-0.4, -0.2) is 8.07 Å². The summed E-state index contributed by atoms with van der Waals surface area (Å²) in [6, 6.07) is 1.39. The average Bonchev–Trinajstić information content (AvgIpc) is 2.02. The van der Waals surface area contributed by atoms with Crippen molar-refractivity contribution < 1.29 is 0 Å². The highest BCUT2D eigenvalue weighted by Gasteiger charge is 2.15. The lowest BCUT2D eigenvalue weighted by Crippen LogP contribution is -2.19. The van der Waals surface area contributed by atoms with E-state index in [4.69, 9.17) is 0 Å². The van der Waals surface area contributed by atoms with Gasteiger partial charge in [-0.05, 0) is 31.7 Å². The first-order valence-electron chi connectivity index (χ1n) is 6.15. The average molecular weight is 210 g/mol. The topological polar surface area (TPSA) is 0 Å². The molecular weight excluding hydrogens is 184 g/mol. The second-order valence-corrected chi connectivity index (χ2v) is 11.6. The van der Waals surface area contributed by atoms with Crippen molar-refractivity contribution in [2.75, 3.05) is 0 Å². The molecule has 0 radical (unpaired) electrons. The molecule has 0 unspecified atom stereocenters. The van der Waals surface area contributed by atoms with Gasteiger partial charge in [-0.25, -0.2) is 0 Å². The predicted octanol–water partition coefficient (Wildman–Crippen LogP) is 4.85. The van der Waals surface area contributed by atoms with Crippen molar-refractivity contribution in [2.45, 2.75) is 64.7 Å². The molecule has 0 aromatic carbocycles. The molecule has 0 heterocycles. The van der Waals surface area contributed by atoms with Crippen LogP contribution in [0.2, 0.25) is 25.7 Å². The molecule has 1 saturated carbocycles. The van der Waals surface area contributed by atoms with Gasteiger partial charge in [0.05, 0.1) is 0 Å². The molecule has 1 rings (SSSR count). The van der Waals surface area contributed by atoms with Gasteiger partial charge in [-0.15, -0.1) is 0 Å². The van der Waals surface area contributed by atoms with E-state index in [1.54, 1.807) is 5.57 Å². The Morgan fingerprint density at radius 1 is 1.14 bits per heavy atom. The fourth-order valence-electron chi connectivity index (χ4n) is 2.60. The summed E-state index contributed by atoms with van der Waals surface area (Å²) >= 11 is 0. The Kier molecular flexibility index (Phi) is 4.43. The van der Waals surface area contributed by atoms with Gasteiger partial charge in [-0.2, -0.15) is 0 Å². The van der Waals surface area contributed by atoms with Crippen molar-refractivity contribution in [1.29, 1.82) is 0 Å². The summed E-state index contributed by atoms with van der Waals surface area (Å²) in [6.45, 7) is 9.73. The summed E-state index contributed by atoms with van der Waals surface area (Å²) in [5, 5.41) is 0. The molecule has 14 heavy (non-hydrogen) atoms. The molecule has 1 heteroatoms. The van der Waals surface area contributed by atoms with Crippen LogP contribution in [0.3, 0.4) is 0 Å². The van der Waals surface area contributed by atoms with Gasteiger partial charge in [0.1, 0.15) is 0 Å². The van der Waals surface area contributed by atoms with Gasteiger partial charge < -0.3 is 0 Å². The first-order chi connectivity index (χ1) is 6.47. The lowest BCUT2D eigenvalue weighted by Gasteiger charge is -2.21. The van der Waals surface area contributed by atoms with Gasteiger partial charge in [-0.3, -0.25) is 0 Å². The Balaban J connectivity index is 2.41. The molecule has 0 aliphatic heterocycles. The zero-order valence-corrected chi connectivity index (χ0v) is 11.4. The Bertz CT molecular complexity index is 192. The molecule has 0 bridgehead atoms. The third-order valence-corrected chi connectivity index (χ3v) is 4.60. The molecule has 0 spiro atoms. The third kappa shape index (κ3) is 4.99. The molecule has 0 amide bonds. The van der Waals surface area contributed by atoms with E-state index < -0.39 is 8.07 Å². The van der Waals surface area contributed by atoms with Crippen LogP contribution in [0.4, 0.5) is 0 Å². The largest absolute Gasteiger partial charge is 0.0828 e. The molecular formula is C13H26Si. The lowest BCUT2D eigenvalue weighted by atomic mass is 9.88. The van der Waals surface area contributed by atoms with Gasteiger partial charge in [-0.1, -0.05) is 50.6 Å². The molecule has 0 nitrogen and oxygen atoms in total. The van der Waals surface area contributed by atoms with Gasteiger partial charge in [0, 0.05) is 8.07 Å². The summed E-state index contributed by atoms with van der Waals surface area (Å²) in [7, 11) is -0.873. The van der Waals surface area contributed by atoms with Crippen molar-refractivity contribution in [1.82, 2.24) is 0 Å². The first kappa shape index (κ1) is 12.0. The summed E-state index contributed by atoms with van der Waals surface area (Å²) in [5.41, 5.74) is 1.66. The van der Waals surface area contributed by atoms with E-state index in [1.807, 2.05) is 0 Å². The van der Waals surface area contributed by atoms with Crippen LogP contribution in [0.15, 0.2) is 11.6 Å². The van der Waals surface area contributed by atoms with Crippen molar-refractivity contribution in [3.8, 4) is 0 Å². The van der Waals surface area contributed by atoms with E-state index in [-0.39, 0.29) is 0 Å². The Labute approximate surface area is 90.8 Å². The summed E-state index contributed by atoms with van der Waals surface area (Å²) in [5.74, 6) is 0.917. The second kappa shape index (κ2) is 5.15. The van der Waals surface area contributed by atoms with Crippen molar-refractivity contribution in [3.63, 3.8) is 0 Å². The smallest absolute Gasteiger partial charge is 0.0483 e. The van der Waals surface area contributed by atoms with Crippen LogP contribution >= 0.6 is 0 Å². The van der Waals surface area contributed by atoms with E-state index in [1.165, 1.54) is 38.1 Å². The molecule has 0 atom stereocenters. The maximum atomic E-state index is 2.58. The molecule has 1 fully saturated rings. The van der Waals surface area contributed by atoms with E-state index >= 15 is 0 Å². The number of hydrogen-bond acceptors (Lipinski definition) is 0. The van der Waals surface area contributed by atoms with E-state index in [0.717, 1.165) is 5.92 Å². The highest BCUT2D eigenvalue weighted by atomic mass is 28.3. The second-order valence-electron chi connectivity index (χ2n) is 6.15. The van der Waals surface area contributed by atoms with Crippen LogP contribution in [0.25, 0.3) is 0 Å². The van der Waals surface area contributed by atoms with Gasteiger partial charge in [0.2, 0.25) is 0 Å². The first-order valence-corrected chi connectivity index (χ1v) is 9.85. The number of hydrogen-bond donors (Lipinski definition) is 0. The van der Waals surface area contributed by atoms with E-state index in [9.17, 15) is 0 Å². The molecule has 0 N–H and O–H groups in total. The fraction of sp³-hybridized carbons (Fsp3) is 0.846. The van der Waals surface area contributed by atoms with Gasteiger partial charge in [0.25, 0.3) is 0 Å². The zero-order valence-electron chi connectivity index (χ0n) is 10.4. The maximum Gasteiger partial charge on any atom is 0.0483 e. The molecule has 0 aromatic heterocycles. The minimum absolute atomic E-state index is 0.873. The SMILES string of the molecule is C/C(=C/C1CCCCC1)C[Si](C)(C)C. The number of rotatable bonds is 3. The van der Waals surface area contributed by atoms with Crippen molar-refractivity contribution in [3.05, 3.63) is 11.6 Å². The Morgan fingerprint density at radius 3 is 2.21 bits per heavy atom. The van der Waals surface area contributed by atoms with E-state index in [2.05, 4.69) is 32.6 Å². The minimum atomic E-state index is -0.873. The monoisotopic (exact) mass is 210 g/mol. The highest BCUT2D eigenvalue weighted by Crippen LogP contribution is 2.27. The Hall–Kier alpha value is -0.0431. The molecule has 82 valence electrons. The minimum Gasteiger partial charge on any atom is -0.0828 e. The molecule has 0 saturated heterocycles. The predicted molar refractivity (Wildman–Crippen MR) is 68.5 cm³/mol. The van der Waals surface area contributed by atoms with Crippen molar-refractivity contribution in [2.24, 2.45) is 5.92 Å². The summed E-state index contributed by atoms with van der Waals surface area (Å²) < 4.78 is 0.